The molecule has 0 aliphatic heterocycles. The van der Waals surface area contributed by atoms with E-state index in [1.165, 1.54) is 15.7 Å². The van der Waals surface area contributed by atoms with Crippen LogP contribution >= 0.6 is 174 Å². The van der Waals surface area contributed by atoms with Crippen LogP contribution in [0.25, 0.3) is 0 Å². The predicted molar refractivity (Wildman–Crippen MR) is 622 cm³/mol. The Kier molecular flexibility index (Phi) is 66.0. The van der Waals surface area contributed by atoms with Gasteiger partial charge in [-0.3, -0.25) is 29.8 Å². The van der Waals surface area contributed by atoms with E-state index in [2.05, 4.69) is 195 Å². The van der Waals surface area contributed by atoms with Crippen molar-refractivity contribution in [3.8, 4) is 46.0 Å². The number of aromatic hydroxyl groups is 2. The number of alkyl carbamates (subject to hydrolysis) is 1. The molecule has 0 aliphatic rings. The van der Waals surface area contributed by atoms with Gasteiger partial charge in [0.05, 0.1) is 37.6 Å². The second-order valence-corrected chi connectivity index (χ2v) is 39.8. The normalized spacial score (nSPS) is 10.5. The standard InChI is InChI=1S/C22H26INO5.2C17H18INO3.C12H21NO6.C7H6BBrINO.C7H7BINO2.C7H5BINO2.C7H5IO2.C7H6O2/c1-4-27-20(25)22(24-3,21(26)28-5-2)14-17-13-18(23)11-12-19(17)29-15-16-9-7-6-8-10-16;2*1-19-15(17(20)21)10-13-9-14(18)7-8-16(13)22-11-12-5-3-2-4-6-12;1-6-17-9(14)8(10(15)18-7-2)13-11(16)19-12(3,4)5;9-4-5-3-6(10)1-2-7(5)12-8-11;2*9-6-1-2-7(12-8-10)5(3-6)4-11;8-6-1-2-7(10)5(3-6)4-9;8-5-6-3-1-2-4-7(6)9/h6-13,24H,4-5,14-15H2,1-3H3;2*2-9,15,19H,10-11H2,1H3,(H,20,21);8H,6-7H2,1-5H3,(H,13,16);1-3,11H,4H2;1-3,10-11H,4H2;1-4,10H;1-4,10H;1-5,9H/t;15-;;;;;;;/m.0......./s1. The number of aliphatic carboxylic acids is 2. The molecular formula is C103H112B3BrI7N7O26. The molecule has 0 heterocycles. The Morgan fingerprint density at radius 2 is 0.721 bits per heavy atom. The number of aldehydes is 3. The topological polar surface area (TPSA) is 493 Å². The molecule has 0 fully saturated rings. The van der Waals surface area contributed by atoms with E-state index in [-0.39, 0.29) is 51.0 Å². The molecule has 0 radical (unpaired) electrons. The van der Waals surface area contributed by atoms with Crippen LogP contribution in [0.4, 0.5) is 4.79 Å². The quantitative estimate of drug-likeness (QED) is 0.00323. The number of halogens is 8. The summed E-state index contributed by atoms with van der Waals surface area (Å²) in [6.45, 7) is 13.3. The molecule has 1 amide bonds. The first kappa shape index (κ1) is 131. The van der Waals surface area contributed by atoms with E-state index in [1.54, 1.807) is 118 Å². The van der Waals surface area contributed by atoms with Crippen molar-refractivity contribution in [3.05, 3.63) is 329 Å². The van der Waals surface area contributed by atoms with Gasteiger partial charge in [0, 0.05) is 33.5 Å². The number of alkyl halides is 1. The van der Waals surface area contributed by atoms with Gasteiger partial charge in [0.1, 0.15) is 66.3 Å². The number of carboxylic acids is 2. The minimum absolute atomic E-state index is 0.0347. The number of aliphatic hydroxyl groups is 1. The molecule has 0 bridgehead atoms. The van der Waals surface area contributed by atoms with Gasteiger partial charge in [-0.15, -0.1) is 0 Å². The van der Waals surface area contributed by atoms with Crippen LogP contribution in [0.1, 0.15) is 124 Å². The van der Waals surface area contributed by atoms with Crippen LogP contribution in [0.3, 0.4) is 0 Å². The third-order valence-electron chi connectivity index (χ3n) is 19.0. The molecule has 44 heteroatoms. The number of carbonyl (C=O) groups excluding carboxylic acids is 8. The second kappa shape index (κ2) is 74.0. The summed E-state index contributed by atoms with van der Waals surface area (Å²) >= 11 is 18.5. The number of aliphatic hydroxyl groups excluding tert-OH is 1. The molecule has 33 nitrogen and oxygen atoms in total. The van der Waals surface area contributed by atoms with Gasteiger partial charge in [-0.2, -0.15) is 0 Å². The Hall–Kier alpha value is -10.1. The van der Waals surface area contributed by atoms with Crippen LogP contribution in [0.15, 0.2) is 243 Å². The Morgan fingerprint density at radius 1 is 0.401 bits per heavy atom. The number of para-hydroxylation sites is 1. The van der Waals surface area contributed by atoms with E-state index in [0.717, 1.165) is 99.2 Å². The number of esters is 4. The third-order valence-corrected chi connectivity index (χ3v) is 24.3. The van der Waals surface area contributed by atoms with Gasteiger partial charge in [0.15, 0.2) is 12.6 Å². The molecular weight excluding hydrogens is 2750 g/mol. The summed E-state index contributed by atoms with van der Waals surface area (Å²) in [5.41, 5.74) is 6.18. The monoisotopic (exact) mass is 2860 g/mol. The van der Waals surface area contributed by atoms with Gasteiger partial charge >= 0.3 is 305 Å². The van der Waals surface area contributed by atoms with E-state index < -0.39 is 71.2 Å². The van der Waals surface area contributed by atoms with Crippen molar-refractivity contribution in [1.82, 2.24) is 21.3 Å². The number of rotatable bonds is 40. The van der Waals surface area contributed by atoms with Gasteiger partial charge in [-0.25, -0.2) is 24.0 Å². The zero-order valence-corrected chi connectivity index (χ0v) is 98.3. The van der Waals surface area contributed by atoms with Crippen LogP contribution in [0.2, 0.25) is 0 Å². The number of likely N-dealkylation sites (N-methyl/N-ethyl adjacent to an activating group) is 3. The maximum absolute atomic E-state index is 12.8. The summed E-state index contributed by atoms with van der Waals surface area (Å²) in [6.07, 6.45) is 1.88. The average Bonchev–Trinajstić information content (AvgIpc) is 0.786. The van der Waals surface area contributed by atoms with Crippen molar-refractivity contribution in [2.75, 3.05) is 47.6 Å². The molecule has 0 spiro atoms. The number of phenols is 2. The van der Waals surface area contributed by atoms with E-state index in [0.29, 0.717) is 96.6 Å². The minimum Gasteiger partial charge on any atom is -0.507 e. The Morgan fingerprint density at radius 3 is 1.05 bits per heavy atom. The first-order chi connectivity index (χ1) is 70.3. The first-order valence-electron chi connectivity index (χ1n) is 44.4. The largest absolute Gasteiger partial charge is 0.507 e. The number of amides is 1. The zero-order chi connectivity index (χ0) is 109. The third kappa shape index (κ3) is 50.9. The van der Waals surface area contributed by atoms with Crippen LogP contribution in [0.5, 0.6) is 46.0 Å². The molecule has 1 unspecified atom stereocenters. The smallest absolute Gasteiger partial charge is 0.153 e. The summed E-state index contributed by atoms with van der Waals surface area (Å²) in [7, 11) is 7.44. The summed E-state index contributed by atoms with van der Waals surface area (Å²) in [6, 6.07) is 71.8. The number of phenolic OH excluding ortho intramolecular Hbond substituents is 2. The van der Waals surface area contributed by atoms with Crippen molar-refractivity contribution >= 4 is 257 Å². The Balaban J connectivity index is 0.000000435. The van der Waals surface area contributed by atoms with Crippen molar-refractivity contribution in [3.63, 3.8) is 0 Å². The van der Waals surface area contributed by atoms with Gasteiger partial charge in [0.2, 0.25) is 11.6 Å². The predicted octanol–water partition coefficient (Wildman–Crippen LogP) is 20.0. The number of ether oxygens (including phenoxy) is 8. The van der Waals surface area contributed by atoms with Gasteiger partial charge < -0.3 is 69.0 Å². The molecule has 147 heavy (non-hydrogen) atoms. The molecule has 0 aromatic heterocycles. The summed E-state index contributed by atoms with van der Waals surface area (Å²) < 4.78 is 64.3. The maximum atomic E-state index is 12.8. The minimum atomic E-state index is -1.65. The molecule has 11 aromatic rings. The average molecular weight is 2860 g/mol. The number of nitrogens with one attached hydrogen (secondary N) is 7. The molecule has 11 aromatic carbocycles. The number of benzene rings is 11. The number of hydrogen-bond acceptors (Lipinski definition) is 30. The fourth-order valence-corrected chi connectivity index (χ4v) is 16.1. The van der Waals surface area contributed by atoms with Crippen molar-refractivity contribution in [2.24, 2.45) is 0 Å². The zero-order valence-electron chi connectivity index (χ0n) is 81.6. The number of carboxylic acid groups (broad SMARTS) is 2. The van der Waals surface area contributed by atoms with Gasteiger partial charge in [0.25, 0.3) is 0 Å². The molecule has 0 saturated heterocycles. The molecule has 0 saturated carbocycles. The molecule has 0 aliphatic carbocycles. The van der Waals surface area contributed by atoms with Crippen molar-refractivity contribution < 1.29 is 125 Å². The molecule has 780 valence electrons. The van der Waals surface area contributed by atoms with Crippen LogP contribution in [-0.4, -0.2) is 185 Å². The van der Waals surface area contributed by atoms with E-state index in [4.69, 9.17) is 83.1 Å². The van der Waals surface area contributed by atoms with Crippen LogP contribution < -0.4 is 49.4 Å². The van der Waals surface area contributed by atoms with Gasteiger partial charge in [-0.05, 0) is 278 Å². The molecule has 12 N–H and O–H groups in total. The summed E-state index contributed by atoms with van der Waals surface area (Å²) in [5.74, 6) is -1.02. The van der Waals surface area contributed by atoms with Crippen molar-refractivity contribution in [1.29, 1.82) is 15.9 Å². The number of hydrogen-bond donors (Lipinski definition) is 12. The maximum Gasteiger partial charge on any atom is 0.153 e. The van der Waals surface area contributed by atoms with Gasteiger partial charge in [-0.1, -0.05) is 103 Å². The molecule has 2 atom stereocenters. The number of carbonyl (C=O) groups is 10. The van der Waals surface area contributed by atoms with Crippen LogP contribution in [-0.2, 0) is 103 Å². The second-order valence-electron chi connectivity index (χ2n) is 30.5. The fraction of sp³-hybridized carbons (Fsp3) is 0.262. The summed E-state index contributed by atoms with van der Waals surface area (Å²) in [5, 5.41) is 76.8. The van der Waals surface area contributed by atoms with E-state index >= 15 is 0 Å². The Bertz CT molecular complexity index is 5820. The van der Waals surface area contributed by atoms with Crippen LogP contribution in [0, 0.1) is 40.9 Å². The first-order valence-corrected chi connectivity index (χ1v) is 53.1. The fourth-order valence-electron chi connectivity index (χ4n) is 11.9. The van der Waals surface area contributed by atoms with Crippen molar-refractivity contribution in [2.45, 2.75) is 129 Å². The Labute approximate surface area is 959 Å². The summed E-state index contributed by atoms with van der Waals surface area (Å²) in [4.78, 5) is 113. The van der Waals surface area contributed by atoms with E-state index in [9.17, 15) is 58.2 Å². The molecule has 11 rings (SSSR count). The van der Waals surface area contributed by atoms with E-state index in [1.807, 2.05) is 182 Å². The SMILES string of the molecule is CCOC(=O)C(Cc1cc(I)ccc1OCc1ccccc1)(NC)C(=O)OCC.CCOC(=O)C(NC(=O)OC(C)(C)C)C(=O)OCC.CNC(Cc1cc(I)ccc1OCc1ccccc1)C(=O)O.CN[C@@H](Cc1cc(I)ccc1OCc1ccccc1)C(=O)O.N=BOc1ccc(I)cc1C=O.N=BOc1ccc(I)cc1CBr.N=BOc1ccc(I)cc1CO.O=Cc1cc(I)ccc1O.O=Cc1ccccc1O.